The van der Waals surface area contributed by atoms with Crippen LogP contribution in [0, 0.1) is 11.8 Å². The molecule has 0 rings (SSSR count). The highest BCUT2D eigenvalue weighted by atomic mass is 15.2. The zero-order valence-corrected chi connectivity index (χ0v) is 12.2. The molecule has 16 heavy (non-hydrogen) atoms. The van der Waals surface area contributed by atoms with E-state index in [-0.39, 0.29) is 5.54 Å². The fourth-order valence-corrected chi connectivity index (χ4v) is 2.16. The number of nitrogens with zero attached hydrogens (tertiary/aromatic N) is 1. The number of hydrogen-bond acceptors (Lipinski definition) is 2. The van der Waals surface area contributed by atoms with Gasteiger partial charge in [0.2, 0.25) is 0 Å². The van der Waals surface area contributed by atoms with E-state index in [1.165, 1.54) is 12.8 Å². The molecule has 1 unspecified atom stereocenters. The van der Waals surface area contributed by atoms with Gasteiger partial charge in [-0.25, -0.2) is 0 Å². The van der Waals surface area contributed by atoms with Crippen LogP contribution in [0.1, 0.15) is 54.4 Å². The maximum Gasteiger partial charge on any atom is 0.0303 e. The van der Waals surface area contributed by atoms with E-state index in [0.717, 1.165) is 25.6 Å². The maximum absolute atomic E-state index is 6.00. The third kappa shape index (κ3) is 5.31. The summed E-state index contributed by atoms with van der Waals surface area (Å²) in [5, 5.41) is 0. The monoisotopic (exact) mass is 228 g/mol. The number of nitrogens with two attached hydrogens (primary N) is 1. The van der Waals surface area contributed by atoms with Crippen LogP contribution < -0.4 is 5.73 Å². The lowest BCUT2D eigenvalue weighted by atomic mass is 9.89. The molecule has 0 saturated heterocycles. The molecule has 0 bridgehead atoms. The van der Waals surface area contributed by atoms with Gasteiger partial charge in [-0.2, -0.15) is 0 Å². The molecule has 98 valence electrons. The van der Waals surface area contributed by atoms with Crippen molar-refractivity contribution in [3.63, 3.8) is 0 Å². The van der Waals surface area contributed by atoms with E-state index in [1.54, 1.807) is 0 Å². The summed E-state index contributed by atoms with van der Waals surface area (Å²) in [5.74, 6) is 1.48. The average Bonchev–Trinajstić information content (AvgIpc) is 2.22. The Morgan fingerprint density at radius 1 is 1.12 bits per heavy atom. The molecule has 0 amide bonds. The lowest BCUT2D eigenvalue weighted by Crippen LogP contribution is -2.52. The number of hydrogen-bond donors (Lipinski definition) is 1. The number of rotatable bonds is 8. The van der Waals surface area contributed by atoms with Crippen LogP contribution >= 0.6 is 0 Å². The maximum atomic E-state index is 6.00. The van der Waals surface area contributed by atoms with Gasteiger partial charge in [-0.3, -0.25) is 4.90 Å². The molecule has 0 aliphatic carbocycles. The lowest BCUT2D eigenvalue weighted by molar-refractivity contribution is 0.0884. The van der Waals surface area contributed by atoms with Crippen LogP contribution in [-0.4, -0.2) is 30.1 Å². The molecule has 0 aromatic rings. The summed E-state index contributed by atoms with van der Waals surface area (Å²) in [4.78, 5) is 2.56. The normalized spacial score (nSPS) is 16.1. The molecular formula is C14H32N2. The standard InChI is InChI=1S/C14H32N2/c1-7-16(10-13(4)5)14(6,11-15)9-8-12(2)3/h12-13H,7-11,15H2,1-6H3. The largest absolute Gasteiger partial charge is 0.329 e. The van der Waals surface area contributed by atoms with E-state index in [2.05, 4.69) is 46.4 Å². The minimum absolute atomic E-state index is 0.184. The molecule has 1 atom stereocenters. The van der Waals surface area contributed by atoms with E-state index >= 15 is 0 Å². The fraction of sp³-hybridized carbons (Fsp3) is 1.00. The van der Waals surface area contributed by atoms with Crippen LogP contribution in [0.15, 0.2) is 0 Å². The van der Waals surface area contributed by atoms with E-state index < -0.39 is 0 Å². The topological polar surface area (TPSA) is 29.3 Å². The molecule has 0 fully saturated rings. The highest BCUT2D eigenvalue weighted by Crippen LogP contribution is 2.23. The van der Waals surface area contributed by atoms with Crippen molar-refractivity contribution < 1.29 is 0 Å². The zero-order valence-electron chi connectivity index (χ0n) is 12.2. The molecule has 0 radical (unpaired) electrons. The Morgan fingerprint density at radius 3 is 2.00 bits per heavy atom. The van der Waals surface area contributed by atoms with Gasteiger partial charge in [-0.15, -0.1) is 0 Å². The van der Waals surface area contributed by atoms with Gasteiger partial charge in [0, 0.05) is 18.6 Å². The molecule has 2 heteroatoms. The SMILES string of the molecule is CCN(CC(C)C)C(C)(CN)CCC(C)C. The molecule has 0 aliphatic heterocycles. The van der Waals surface area contributed by atoms with Crippen molar-refractivity contribution in [3.8, 4) is 0 Å². The Labute approximate surface area is 103 Å². The molecule has 0 aliphatic rings. The third-order valence-electron chi connectivity index (χ3n) is 3.43. The molecule has 0 aromatic heterocycles. The van der Waals surface area contributed by atoms with E-state index in [0.29, 0.717) is 5.92 Å². The molecule has 0 aromatic carbocycles. The van der Waals surface area contributed by atoms with Crippen LogP contribution in [0.2, 0.25) is 0 Å². The van der Waals surface area contributed by atoms with Crippen molar-refractivity contribution in [3.05, 3.63) is 0 Å². The molecular weight excluding hydrogens is 196 g/mol. The van der Waals surface area contributed by atoms with Crippen LogP contribution in [-0.2, 0) is 0 Å². The minimum Gasteiger partial charge on any atom is -0.329 e. The van der Waals surface area contributed by atoms with Gasteiger partial charge in [0.15, 0.2) is 0 Å². The van der Waals surface area contributed by atoms with Crippen molar-refractivity contribution in [1.29, 1.82) is 0 Å². The summed E-state index contributed by atoms with van der Waals surface area (Å²) < 4.78 is 0. The van der Waals surface area contributed by atoms with Crippen LogP contribution in [0.25, 0.3) is 0 Å². The predicted molar refractivity (Wildman–Crippen MR) is 73.6 cm³/mol. The van der Waals surface area contributed by atoms with E-state index in [9.17, 15) is 0 Å². The highest BCUT2D eigenvalue weighted by Gasteiger charge is 2.29. The summed E-state index contributed by atoms with van der Waals surface area (Å²) in [6.07, 6.45) is 2.48. The van der Waals surface area contributed by atoms with E-state index in [1.807, 2.05) is 0 Å². The van der Waals surface area contributed by atoms with Gasteiger partial charge >= 0.3 is 0 Å². The zero-order chi connectivity index (χ0) is 12.8. The first-order valence-corrected chi connectivity index (χ1v) is 6.80. The third-order valence-corrected chi connectivity index (χ3v) is 3.43. The first-order chi connectivity index (χ1) is 7.35. The second-order valence-corrected chi connectivity index (χ2v) is 6.07. The van der Waals surface area contributed by atoms with Crippen molar-refractivity contribution >= 4 is 0 Å². The Hall–Kier alpha value is -0.0800. The summed E-state index contributed by atoms with van der Waals surface area (Å²) in [6.45, 7) is 16.7. The molecule has 0 saturated carbocycles. The average molecular weight is 228 g/mol. The Morgan fingerprint density at radius 2 is 1.69 bits per heavy atom. The van der Waals surface area contributed by atoms with Gasteiger partial charge < -0.3 is 5.73 Å². The second-order valence-electron chi connectivity index (χ2n) is 6.07. The Bertz CT molecular complexity index is 178. The van der Waals surface area contributed by atoms with Gasteiger partial charge in [0.1, 0.15) is 0 Å². The summed E-state index contributed by atoms with van der Waals surface area (Å²) in [5.41, 5.74) is 6.19. The Balaban J connectivity index is 4.48. The second kappa shape index (κ2) is 7.29. The minimum atomic E-state index is 0.184. The quantitative estimate of drug-likeness (QED) is 0.691. The lowest BCUT2D eigenvalue weighted by Gasteiger charge is -2.41. The molecule has 2 nitrogen and oxygen atoms in total. The molecule has 2 N–H and O–H groups in total. The van der Waals surface area contributed by atoms with Gasteiger partial charge in [0.05, 0.1) is 0 Å². The fourth-order valence-electron chi connectivity index (χ4n) is 2.16. The summed E-state index contributed by atoms with van der Waals surface area (Å²) in [6, 6.07) is 0. The smallest absolute Gasteiger partial charge is 0.0303 e. The van der Waals surface area contributed by atoms with Crippen LogP contribution in [0.4, 0.5) is 0 Å². The Kier molecular flexibility index (Phi) is 7.25. The van der Waals surface area contributed by atoms with Crippen molar-refractivity contribution in [1.82, 2.24) is 4.90 Å². The first-order valence-electron chi connectivity index (χ1n) is 6.80. The van der Waals surface area contributed by atoms with Crippen LogP contribution in [0.5, 0.6) is 0 Å². The van der Waals surface area contributed by atoms with Crippen molar-refractivity contribution in [2.45, 2.75) is 59.9 Å². The first kappa shape index (κ1) is 15.9. The van der Waals surface area contributed by atoms with Gasteiger partial charge in [-0.1, -0.05) is 34.6 Å². The summed E-state index contributed by atoms with van der Waals surface area (Å²) in [7, 11) is 0. The molecule has 0 heterocycles. The predicted octanol–water partition coefficient (Wildman–Crippen LogP) is 3.12. The highest BCUT2D eigenvalue weighted by molar-refractivity contribution is 4.87. The molecule has 0 spiro atoms. The number of likely N-dealkylation sites (N-methyl/N-ethyl adjacent to an activating group) is 1. The van der Waals surface area contributed by atoms with Crippen LogP contribution in [0.3, 0.4) is 0 Å². The van der Waals surface area contributed by atoms with Gasteiger partial charge in [0.25, 0.3) is 0 Å². The van der Waals surface area contributed by atoms with Crippen molar-refractivity contribution in [2.24, 2.45) is 17.6 Å². The van der Waals surface area contributed by atoms with Crippen molar-refractivity contribution in [2.75, 3.05) is 19.6 Å². The van der Waals surface area contributed by atoms with Gasteiger partial charge in [-0.05, 0) is 38.1 Å². The summed E-state index contributed by atoms with van der Waals surface area (Å²) >= 11 is 0. The van der Waals surface area contributed by atoms with E-state index in [4.69, 9.17) is 5.73 Å².